The normalized spacial score (nSPS) is 12.1. The van der Waals surface area contributed by atoms with E-state index in [2.05, 4.69) is 53.1 Å². The van der Waals surface area contributed by atoms with Crippen molar-refractivity contribution in [2.24, 2.45) is 4.99 Å². The van der Waals surface area contributed by atoms with E-state index in [9.17, 15) is 5.11 Å². The van der Waals surface area contributed by atoms with E-state index in [4.69, 9.17) is 4.98 Å². The maximum atomic E-state index is 10.8. The van der Waals surface area contributed by atoms with Gasteiger partial charge in [-0.15, -0.1) is 24.0 Å². The number of guanidine groups is 1. The molecule has 2 rings (SSSR count). The van der Waals surface area contributed by atoms with Gasteiger partial charge in [0.2, 0.25) is 0 Å². The van der Waals surface area contributed by atoms with E-state index in [0.717, 1.165) is 62.5 Å². The Hall–Kier alpha value is -1.35. The summed E-state index contributed by atoms with van der Waals surface area (Å²) in [6.07, 6.45) is 8.41. The van der Waals surface area contributed by atoms with Crippen LogP contribution in [0, 0.1) is 6.92 Å². The highest BCUT2D eigenvalue weighted by Gasteiger charge is 2.24. The van der Waals surface area contributed by atoms with Gasteiger partial charge in [0, 0.05) is 31.9 Å². The quantitative estimate of drug-likeness (QED) is 0.264. The molecular formula is C21H36IN5O. The van der Waals surface area contributed by atoms with Gasteiger partial charge < -0.3 is 20.1 Å². The molecule has 0 aliphatic rings. The first-order chi connectivity index (χ1) is 13.0. The van der Waals surface area contributed by atoms with Crippen LogP contribution in [0.25, 0.3) is 5.65 Å². The lowest BCUT2D eigenvalue weighted by Gasteiger charge is -2.26. The average Bonchev–Trinajstić information content (AvgIpc) is 3.05. The SMILES string of the molecule is CCCC(O)(CCC)CN=C(NCC)NCCc1cn2cccc(C)c2n1.I. The molecule has 0 unspecified atom stereocenters. The fraction of sp³-hybridized carbons (Fsp3) is 0.619. The molecule has 0 aliphatic heterocycles. The molecule has 0 saturated heterocycles. The molecule has 0 aliphatic carbocycles. The van der Waals surface area contributed by atoms with E-state index in [0.29, 0.717) is 6.54 Å². The van der Waals surface area contributed by atoms with Crippen molar-refractivity contribution in [3.63, 3.8) is 0 Å². The van der Waals surface area contributed by atoms with Gasteiger partial charge in [-0.2, -0.15) is 0 Å². The number of fused-ring (bicyclic) bond motifs is 1. The molecule has 0 saturated carbocycles. The van der Waals surface area contributed by atoms with Crippen molar-refractivity contribution in [2.75, 3.05) is 19.6 Å². The van der Waals surface area contributed by atoms with Crippen LogP contribution < -0.4 is 10.6 Å². The van der Waals surface area contributed by atoms with Crippen LogP contribution in [0.2, 0.25) is 0 Å². The molecule has 0 spiro atoms. The van der Waals surface area contributed by atoms with Crippen LogP contribution in [0.3, 0.4) is 0 Å². The van der Waals surface area contributed by atoms with Crippen LogP contribution in [-0.4, -0.2) is 45.7 Å². The highest BCUT2D eigenvalue weighted by molar-refractivity contribution is 14.0. The van der Waals surface area contributed by atoms with Gasteiger partial charge in [0.25, 0.3) is 0 Å². The van der Waals surface area contributed by atoms with E-state index >= 15 is 0 Å². The molecule has 6 nitrogen and oxygen atoms in total. The zero-order valence-electron chi connectivity index (χ0n) is 17.7. The van der Waals surface area contributed by atoms with E-state index in [1.165, 1.54) is 5.56 Å². The first kappa shape index (κ1) is 24.7. The number of pyridine rings is 1. The molecule has 0 radical (unpaired) electrons. The predicted octanol–water partition coefficient (Wildman–Crippen LogP) is 3.69. The maximum absolute atomic E-state index is 10.8. The highest BCUT2D eigenvalue weighted by Crippen LogP contribution is 2.19. The van der Waals surface area contributed by atoms with Gasteiger partial charge in [0.15, 0.2) is 5.96 Å². The number of nitrogens with zero attached hydrogens (tertiary/aromatic N) is 3. The number of hydrogen-bond acceptors (Lipinski definition) is 3. The molecule has 2 aromatic rings. The summed E-state index contributed by atoms with van der Waals surface area (Å²) in [5.74, 6) is 0.753. The Bertz CT molecular complexity index is 737. The minimum absolute atomic E-state index is 0. The summed E-state index contributed by atoms with van der Waals surface area (Å²) in [6.45, 7) is 10.3. The number of hydrogen-bond donors (Lipinski definition) is 3. The standard InChI is InChI=1S/C21H35N5O.HI/c1-5-11-21(27,12-6-2)16-24-20(22-7-3)23-13-10-18-15-26-14-8-9-17(4)19(26)25-18;/h8-9,14-15,27H,5-7,10-13,16H2,1-4H3,(H2,22,23,24);1H. The summed E-state index contributed by atoms with van der Waals surface area (Å²) in [5, 5.41) is 17.4. The fourth-order valence-electron chi connectivity index (χ4n) is 3.42. The van der Waals surface area contributed by atoms with Gasteiger partial charge in [-0.25, -0.2) is 4.98 Å². The summed E-state index contributed by atoms with van der Waals surface area (Å²) in [4.78, 5) is 9.34. The molecule has 2 heterocycles. The molecule has 0 aromatic carbocycles. The maximum Gasteiger partial charge on any atom is 0.191 e. The van der Waals surface area contributed by atoms with E-state index < -0.39 is 5.60 Å². The number of nitrogens with one attached hydrogen (secondary N) is 2. The molecular weight excluding hydrogens is 465 g/mol. The van der Waals surface area contributed by atoms with Gasteiger partial charge in [0.1, 0.15) is 5.65 Å². The molecule has 0 fully saturated rings. The summed E-state index contributed by atoms with van der Waals surface area (Å²) in [6, 6.07) is 4.11. The molecule has 0 atom stereocenters. The third-order valence-corrected chi connectivity index (χ3v) is 4.71. The summed E-state index contributed by atoms with van der Waals surface area (Å²) < 4.78 is 2.07. The minimum Gasteiger partial charge on any atom is -0.388 e. The number of aliphatic hydroxyl groups is 1. The van der Waals surface area contributed by atoms with Crippen molar-refractivity contribution in [3.8, 4) is 0 Å². The van der Waals surface area contributed by atoms with Crippen LogP contribution in [0.15, 0.2) is 29.5 Å². The van der Waals surface area contributed by atoms with Crippen molar-refractivity contribution in [1.29, 1.82) is 0 Å². The molecule has 28 heavy (non-hydrogen) atoms. The van der Waals surface area contributed by atoms with Crippen LogP contribution in [-0.2, 0) is 6.42 Å². The third-order valence-electron chi connectivity index (χ3n) is 4.71. The Morgan fingerprint density at radius 2 is 1.93 bits per heavy atom. The Kier molecular flexibility index (Phi) is 10.8. The lowest BCUT2D eigenvalue weighted by molar-refractivity contribution is 0.0306. The van der Waals surface area contributed by atoms with Gasteiger partial charge in [-0.3, -0.25) is 4.99 Å². The Labute approximate surface area is 186 Å². The lowest BCUT2D eigenvalue weighted by Crippen LogP contribution is -2.40. The van der Waals surface area contributed by atoms with Gasteiger partial charge in [0.05, 0.1) is 17.8 Å². The average molecular weight is 501 g/mol. The smallest absolute Gasteiger partial charge is 0.191 e. The van der Waals surface area contributed by atoms with Crippen LogP contribution in [0.4, 0.5) is 0 Å². The predicted molar refractivity (Wildman–Crippen MR) is 128 cm³/mol. The largest absolute Gasteiger partial charge is 0.388 e. The van der Waals surface area contributed by atoms with Crippen molar-refractivity contribution in [1.82, 2.24) is 20.0 Å². The lowest BCUT2D eigenvalue weighted by atomic mass is 9.93. The van der Waals surface area contributed by atoms with Crippen LogP contribution >= 0.6 is 24.0 Å². The molecule has 7 heteroatoms. The monoisotopic (exact) mass is 501 g/mol. The van der Waals surface area contributed by atoms with Crippen molar-refractivity contribution in [3.05, 3.63) is 35.8 Å². The topological polar surface area (TPSA) is 74.0 Å². The van der Waals surface area contributed by atoms with Crippen LogP contribution in [0.1, 0.15) is 57.7 Å². The summed E-state index contributed by atoms with van der Waals surface area (Å²) in [7, 11) is 0. The second kappa shape index (κ2) is 12.3. The summed E-state index contributed by atoms with van der Waals surface area (Å²) >= 11 is 0. The molecule has 0 amide bonds. The van der Waals surface area contributed by atoms with E-state index in [1.807, 2.05) is 19.2 Å². The molecule has 3 N–H and O–H groups in total. The number of rotatable bonds is 10. The number of aliphatic imine (C=N–C) groups is 1. The Morgan fingerprint density at radius 1 is 1.21 bits per heavy atom. The molecule has 0 bridgehead atoms. The zero-order valence-corrected chi connectivity index (χ0v) is 20.0. The number of imidazole rings is 1. The third kappa shape index (κ3) is 7.24. The molecule has 2 aromatic heterocycles. The van der Waals surface area contributed by atoms with E-state index in [1.54, 1.807) is 0 Å². The van der Waals surface area contributed by atoms with Crippen molar-refractivity contribution >= 4 is 35.6 Å². The zero-order chi connectivity index (χ0) is 19.7. The second-order valence-corrected chi connectivity index (χ2v) is 7.25. The van der Waals surface area contributed by atoms with E-state index in [-0.39, 0.29) is 24.0 Å². The number of halogens is 1. The first-order valence-corrected chi connectivity index (χ1v) is 10.2. The Morgan fingerprint density at radius 3 is 2.54 bits per heavy atom. The molecule has 158 valence electrons. The fourth-order valence-corrected chi connectivity index (χ4v) is 3.42. The minimum atomic E-state index is -0.703. The first-order valence-electron chi connectivity index (χ1n) is 10.2. The van der Waals surface area contributed by atoms with Gasteiger partial charge in [-0.1, -0.05) is 32.8 Å². The number of aryl methyl sites for hydroxylation is 1. The number of aromatic nitrogens is 2. The van der Waals surface area contributed by atoms with Crippen LogP contribution in [0.5, 0.6) is 0 Å². The van der Waals surface area contributed by atoms with Crippen molar-refractivity contribution < 1.29 is 5.11 Å². The highest BCUT2D eigenvalue weighted by atomic mass is 127. The summed E-state index contributed by atoms with van der Waals surface area (Å²) in [5.41, 5.74) is 2.54. The Balaban J connectivity index is 0.00000392. The van der Waals surface area contributed by atoms with Crippen molar-refractivity contribution in [2.45, 2.75) is 65.4 Å². The van der Waals surface area contributed by atoms with Gasteiger partial charge >= 0.3 is 0 Å². The van der Waals surface area contributed by atoms with Gasteiger partial charge in [-0.05, 0) is 38.3 Å². The second-order valence-electron chi connectivity index (χ2n) is 7.25.